The third-order valence-electron chi connectivity index (χ3n) is 4.04. The first-order valence-electron chi connectivity index (χ1n) is 8.38. The highest BCUT2D eigenvalue weighted by Gasteiger charge is 2.14. The number of nitroso groups, excluding NO2 is 1. The minimum atomic E-state index is -0.284. The van der Waals surface area contributed by atoms with Crippen LogP contribution in [0.15, 0.2) is 77.1 Å². The number of carbonyl (C=O) groups excluding carboxylic acids is 1. The highest BCUT2D eigenvalue weighted by Crippen LogP contribution is 2.26. The average Bonchev–Trinajstić information content (AvgIpc) is 3.20. The standard InChI is InChI=1S/C19H14N6O2S/c26-18(20-15-9-3-4-10-16(15)22-27)12-28-19-21-23-24-25(19)17-11-5-7-13-6-1-2-8-14(13)17/h1-11H,12H2,(H,20,26). The summed E-state index contributed by atoms with van der Waals surface area (Å²) in [5.41, 5.74) is 1.39. The number of thioether (sulfide) groups is 1. The Bertz CT molecular complexity index is 1150. The van der Waals surface area contributed by atoms with E-state index < -0.39 is 0 Å². The summed E-state index contributed by atoms with van der Waals surface area (Å²) in [7, 11) is 0. The summed E-state index contributed by atoms with van der Waals surface area (Å²) in [6.07, 6.45) is 0. The number of anilines is 1. The van der Waals surface area contributed by atoms with Crippen molar-refractivity contribution in [1.82, 2.24) is 20.2 Å². The van der Waals surface area contributed by atoms with Crippen LogP contribution < -0.4 is 5.32 Å². The molecule has 138 valence electrons. The van der Waals surface area contributed by atoms with Crippen molar-refractivity contribution in [2.45, 2.75) is 5.16 Å². The largest absolute Gasteiger partial charge is 0.323 e. The van der Waals surface area contributed by atoms with E-state index in [1.807, 2.05) is 42.5 Å². The Morgan fingerprint density at radius 3 is 2.71 bits per heavy atom. The van der Waals surface area contributed by atoms with Gasteiger partial charge in [0, 0.05) is 5.39 Å². The number of hydrogen-bond acceptors (Lipinski definition) is 7. The van der Waals surface area contributed by atoms with Crippen LogP contribution in [0.25, 0.3) is 16.5 Å². The van der Waals surface area contributed by atoms with Crippen molar-refractivity contribution in [3.63, 3.8) is 0 Å². The monoisotopic (exact) mass is 390 g/mol. The third kappa shape index (κ3) is 3.60. The number of rotatable bonds is 6. The number of hydrogen-bond donors (Lipinski definition) is 1. The lowest BCUT2D eigenvalue weighted by molar-refractivity contribution is -0.113. The molecule has 1 N–H and O–H groups in total. The van der Waals surface area contributed by atoms with Crippen LogP contribution in [-0.2, 0) is 4.79 Å². The molecule has 28 heavy (non-hydrogen) atoms. The molecule has 0 radical (unpaired) electrons. The van der Waals surface area contributed by atoms with Gasteiger partial charge in [-0.15, -0.1) is 10.0 Å². The van der Waals surface area contributed by atoms with Gasteiger partial charge >= 0.3 is 0 Å². The minimum absolute atomic E-state index is 0.0817. The molecule has 0 saturated carbocycles. The molecule has 9 heteroatoms. The molecule has 0 fully saturated rings. The average molecular weight is 390 g/mol. The molecule has 0 atom stereocenters. The van der Waals surface area contributed by atoms with Crippen molar-refractivity contribution in [2.24, 2.45) is 5.18 Å². The molecule has 0 aliphatic carbocycles. The van der Waals surface area contributed by atoms with Crippen LogP contribution >= 0.6 is 11.8 Å². The molecule has 8 nitrogen and oxygen atoms in total. The fourth-order valence-electron chi connectivity index (χ4n) is 2.79. The van der Waals surface area contributed by atoms with Gasteiger partial charge in [0.1, 0.15) is 5.69 Å². The molecule has 0 unspecified atom stereocenters. The van der Waals surface area contributed by atoms with E-state index >= 15 is 0 Å². The Morgan fingerprint density at radius 2 is 1.82 bits per heavy atom. The molecular formula is C19H14N6O2S. The van der Waals surface area contributed by atoms with Gasteiger partial charge in [-0.05, 0) is 39.2 Å². The van der Waals surface area contributed by atoms with Crippen LogP contribution in [-0.4, -0.2) is 31.9 Å². The Hall–Kier alpha value is -3.59. The lowest BCUT2D eigenvalue weighted by atomic mass is 10.1. The number of carbonyl (C=O) groups is 1. The van der Waals surface area contributed by atoms with Gasteiger partial charge in [0.2, 0.25) is 11.1 Å². The van der Waals surface area contributed by atoms with E-state index in [9.17, 15) is 9.70 Å². The zero-order valence-corrected chi connectivity index (χ0v) is 15.3. The van der Waals surface area contributed by atoms with Crippen LogP contribution in [0.4, 0.5) is 11.4 Å². The Morgan fingerprint density at radius 1 is 1.04 bits per heavy atom. The normalized spacial score (nSPS) is 10.7. The molecule has 4 rings (SSSR count). The minimum Gasteiger partial charge on any atom is -0.323 e. The first-order valence-corrected chi connectivity index (χ1v) is 9.36. The van der Waals surface area contributed by atoms with E-state index in [2.05, 4.69) is 26.0 Å². The summed E-state index contributed by atoms with van der Waals surface area (Å²) in [4.78, 5) is 23.1. The summed E-state index contributed by atoms with van der Waals surface area (Å²) in [6, 6.07) is 20.4. The molecule has 0 bridgehead atoms. The quantitative estimate of drug-likeness (QED) is 0.395. The molecular weight excluding hydrogens is 376 g/mol. The number of amides is 1. The molecule has 1 heterocycles. The molecule has 1 aromatic heterocycles. The van der Waals surface area contributed by atoms with Crippen LogP contribution in [0.5, 0.6) is 0 Å². The van der Waals surface area contributed by atoms with E-state index in [-0.39, 0.29) is 17.3 Å². The first kappa shape index (κ1) is 17.8. The molecule has 0 aliphatic rings. The van der Waals surface area contributed by atoms with Gasteiger partial charge in [-0.2, -0.15) is 4.68 Å². The molecule has 3 aromatic carbocycles. The van der Waals surface area contributed by atoms with Gasteiger partial charge in [-0.25, -0.2) is 0 Å². The van der Waals surface area contributed by atoms with Crippen molar-refractivity contribution >= 4 is 39.8 Å². The summed E-state index contributed by atoms with van der Waals surface area (Å²) in [6.45, 7) is 0. The van der Waals surface area contributed by atoms with Crippen LogP contribution in [0.2, 0.25) is 0 Å². The summed E-state index contributed by atoms with van der Waals surface area (Å²) in [5, 5.41) is 20.0. The van der Waals surface area contributed by atoms with Crippen molar-refractivity contribution in [2.75, 3.05) is 11.1 Å². The topological polar surface area (TPSA) is 102 Å². The Labute approximate surface area is 163 Å². The van der Waals surface area contributed by atoms with Crippen molar-refractivity contribution in [1.29, 1.82) is 0 Å². The van der Waals surface area contributed by atoms with Gasteiger partial charge in [-0.1, -0.05) is 60.3 Å². The van der Waals surface area contributed by atoms with Crippen molar-refractivity contribution in [3.8, 4) is 5.69 Å². The number of benzene rings is 3. The second kappa shape index (κ2) is 7.97. The van der Waals surface area contributed by atoms with Gasteiger partial charge in [-0.3, -0.25) is 4.79 Å². The smallest absolute Gasteiger partial charge is 0.234 e. The molecule has 0 spiro atoms. The van der Waals surface area contributed by atoms with Crippen molar-refractivity contribution in [3.05, 3.63) is 71.6 Å². The molecule has 4 aromatic rings. The Kier molecular flexibility index (Phi) is 5.07. The first-order chi connectivity index (χ1) is 13.8. The number of para-hydroxylation sites is 1. The number of fused-ring (bicyclic) bond motifs is 1. The lowest BCUT2D eigenvalue weighted by Gasteiger charge is -2.08. The highest BCUT2D eigenvalue weighted by molar-refractivity contribution is 7.99. The van der Waals surface area contributed by atoms with Crippen LogP contribution in [0, 0.1) is 4.91 Å². The maximum Gasteiger partial charge on any atom is 0.234 e. The van der Waals surface area contributed by atoms with Crippen LogP contribution in [0.3, 0.4) is 0 Å². The second-order valence-electron chi connectivity index (χ2n) is 5.82. The summed E-state index contributed by atoms with van der Waals surface area (Å²) >= 11 is 1.20. The second-order valence-corrected chi connectivity index (χ2v) is 6.76. The highest BCUT2D eigenvalue weighted by atomic mass is 32.2. The molecule has 0 aliphatic heterocycles. The number of aromatic nitrogens is 4. The van der Waals surface area contributed by atoms with Crippen molar-refractivity contribution < 1.29 is 4.79 Å². The Balaban J connectivity index is 1.52. The number of nitrogens with zero attached hydrogens (tertiary/aromatic N) is 5. The van der Waals surface area contributed by atoms with Crippen LogP contribution in [0.1, 0.15) is 0 Å². The predicted octanol–water partition coefficient (Wildman–Crippen LogP) is 3.94. The maximum atomic E-state index is 12.3. The fraction of sp³-hybridized carbons (Fsp3) is 0.0526. The molecule has 0 saturated heterocycles. The van der Waals surface area contributed by atoms with E-state index in [0.29, 0.717) is 10.8 Å². The van der Waals surface area contributed by atoms with Gasteiger partial charge in [0.05, 0.1) is 17.1 Å². The molecule has 1 amide bonds. The van der Waals surface area contributed by atoms with Gasteiger partial charge < -0.3 is 5.32 Å². The van der Waals surface area contributed by atoms with E-state index in [1.54, 1.807) is 22.9 Å². The number of nitrogens with one attached hydrogen (secondary N) is 1. The SMILES string of the molecule is O=Nc1ccccc1NC(=O)CSc1nnnn1-c1cccc2ccccc12. The van der Waals surface area contributed by atoms with E-state index in [0.717, 1.165) is 16.5 Å². The predicted molar refractivity (Wildman–Crippen MR) is 108 cm³/mol. The maximum absolute atomic E-state index is 12.3. The zero-order chi connectivity index (χ0) is 19.3. The summed E-state index contributed by atoms with van der Waals surface area (Å²) in [5.74, 6) is -0.202. The van der Waals surface area contributed by atoms with Gasteiger partial charge in [0.15, 0.2) is 0 Å². The lowest BCUT2D eigenvalue weighted by Crippen LogP contribution is -2.14. The summed E-state index contributed by atoms with van der Waals surface area (Å²) < 4.78 is 1.61. The zero-order valence-electron chi connectivity index (χ0n) is 14.5. The fourth-order valence-corrected chi connectivity index (χ4v) is 3.47. The van der Waals surface area contributed by atoms with E-state index in [4.69, 9.17) is 0 Å². The van der Waals surface area contributed by atoms with E-state index in [1.165, 1.54) is 17.8 Å². The van der Waals surface area contributed by atoms with Gasteiger partial charge in [0.25, 0.3) is 0 Å². The number of tetrazole rings is 1. The third-order valence-corrected chi connectivity index (χ3v) is 4.96.